The molecular formula is C17H12F2N4O. The average Bonchev–Trinajstić information content (AvgIpc) is 2.55. The molecule has 0 aliphatic rings. The summed E-state index contributed by atoms with van der Waals surface area (Å²) in [5.41, 5.74) is 11.6. The topological polar surface area (TPSA) is 94.4 Å². The minimum Gasteiger partial charge on any atom is -0.370 e. The predicted octanol–water partition coefficient (Wildman–Crippen LogP) is 2.59. The Morgan fingerprint density at radius 1 is 1.00 bits per heavy atom. The number of carbonyl (C=O) groups excluding carboxylic acids is 1. The van der Waals surface area contributed by atoms with Crippen LogP contribution in [-0.2, 0) is 0 Å². The number of halogens is 2. The first kappa shape index (κ1) is 15.5. The summed E-state index contributed by atoms with van der Waals surface area (Å²) in [5.74, 6) is -1.94. The van der Waals surface area contributed by atoms with Crippen LogP contribution < -0.4 is 11.5 Å². The van der Waals surface area contributed by atoms with Crippen LogP contribution in [0.15, 0.2) is 53.7 Å². The molecule has 5 nitrogen and oxygen atoms in total. The largest absolute Gasteiger partial charge is 0.370 e. The molecular weight excluding hydrogens is 314 g/mol. The first-order chi connectivity index (χ1) is 11.5. The number of nitrogens with two attached hydrogens (primary N) is 2. The van der Waals surface area contributed by atoms with E-state index < -0.39 is 17.5 Å². The quantitative estimate of drug-likeness (QED) is 0.559. The summed E-state index contributed by atoms with van der Waals surface area (Å²) >= 11 is 0. The number of aromatic nitrogens is 1. The summed E-state index contributed by atoms with van der Waals surface area (Å²) < 4.78 is 27.1. The van der Waals surface area contributed by atoms with Gasteiger partial charge in [-0.1, -0.05) is 6.07 Å². The molecule has 2 aromatic carbocycles. The van der Waals surface area contributed by atoms with Crippen molar-refractivity contribution in [2.45, 2.75) is 0 Å². The molecule has 0 bridgehead atoms. The smallest absolute Gasteiger partial charge is 0.280 e. The van der Waals surface area contributed by atoms with Crippen molar-refractivity contribution in [2.24, 2.45) is 16.5 Å². The van der Waals surface area contributed by atoms with Gasteiger partial charge in [0.1, 0.15) is 11.6 Å². The maximum absolute atomic E-state index is 14.0. The standard InChI is InChI=1S/C17H12F2N4O/c18-11-4-1-9(2-5-11)15-13-7-10(16(24)23-17(20)21)3-6-12(13)14(19)8-22-15/h1-8H,(H4,20,21,23,24). The van der Waals surface area contributed by atoms with E-state index in [1.165, 1.54) is 42.5 Å². The highest BCUT2D eigenvalue weighted by molar-refractivity contribution is 6.06. The van der Waals surface area contributed by atoms with Crippen LogP contribution in [0.5, 0.6) is 0 Å². The van der Waals surface area contributed by atoms with E-state index in [-0.39, 0.29) is 16.9 Å². The van der Waals surface area contributed by atoms with E-state index in [4.69, 9.17) is 11.5 Å². The zero-order valence-electron chi connectivity index (χ0n) is 12.3. The molecule has 7 heteroatoms. The third-order valence-electron chi connectivity index (χ3n) is 3.43. The number of rotatable bonds is 2. The molecule has 0 unspecified atom stereocenters. The fourth-order valence-electron chi connectivity index (χ4n) is 2.36. The maximum Gasteiger partial charge on any atom is 0.280 e. The number of hydrogen-bond acceptors (Lipinski definition) is 2. The highest BCUT2D eigenvalue weighted by Crippen LogP contribution is 2.29. The molecule has 0 aliphatic heterocycles. The molecule has 120 valence electrons. The summed E-state index contributed by atoms with van der Waals surface area (Å²) in [4.78, 5) is 19.5. The first-order valence-electron chi connectivity index (χ1n) is 6.94. The van der Waals surface area contributed by atoms with Crippen LogP contribution in [0.1, 0.15) is 10.4 Å². The van der Waals surface area contributed by atoms with Crippen LogP contribution in [-0.4, -0.2) is 16.9 Å². The molecule has 0 atom stereocenters. The monoisotopic (exact) mass is 326 g/mol. The second-order valence-electron chi connectivity index (χ2n) is 5.06. The highest BCUT2D eigenvalue weighted by Gasteiger charge is 2.13. The number of nitrogens with zero attached hydrogens (tertiary/aromatic N) is 2. The fraction of sp³-hybridized carbons (Fsp3) is 0. The summed E-state index contributed by atoms with van der Waals surface area (Å²) in [6, 6.07) is 9.95. The molecule has 0 spiro atoms. The molecule has 0 aliphatic carbocycles. The van der Waals surface area contributed by atoms with E-state index in [1.54, 1.807) is 0 Å². The van der Waals surface area contributed by atoms with Gasteiger partial charge in [-0.15, -0.1) is 0 Å². The van der Waals surface area contributed by atoms with Crippen LogP contribution in [0.25, 0.3) is 22.0 Å². The Morgan fingerprint density at radius 3 is 2.38 bits per heavy atom. The van der Waals surface area contributed by atoms with E-state index in [2.05, 4.69) is 9.98 Å². The fourth-order valence-corrected chi connectivity index (χ4v) is 2.36. The Balaban J connectivity index is 2.23. The van der Waals surface area contributed by atoms with Gasteiger partial charge in [0.15, 0.2) is 5.96 Å². The van der Waals surface area contributed by atoms with Gasteiger partial charge in [-0.25, -0.2) is 8.78 Å². The number of amides is 1. The zero-order chi connectivity index (χ0) is 17.3. The van der Waals surface area contributed by atoms with Gasteiger partial charge < -0.3 is 11.5 Å². The molecule has 0 saturated carbocycles. The second kappa shape index (κ2) is 6.04. The summed E-state index contributed by atoms with van der Waals surface area (Å²) in [5, 5.41) is 0.684. The van der Waals surface area contributed by atoms with Crippen molar-refractivity contribution in [2.75, 3.05) is 0 Å². The van der Waals surface area contributed by atoms with E-state index in [1.807, 2.05) is 0 Å². The van der Waals surface area contributed by atoms with Gasteiger partial charge in [0.25, 0.3) is 5.91 Å². The molecule has 3 aromatic rings. The number of carbonyl (C=O) groups is 1. The van der Waals surface area contributed by atoms with Crippen molar-refractivity contribution < 1.29 is 13.6 Å². The molecule has 1 heterocycles. The molecule has 0 saturated heterocycles. The molecule has 1 aromatic heterocycles. The lowest BCUT2D eigenvalue weighted by Crippen LogP contribution is -2.24. The van der Waals surface area contributed by atoms with Gasteiger partial charge in [0, 0.05) is 21.9 Å². The lowest BCUT2D eigenvalue weighted by Gasteiger charge is -2.08. The van der Waals surface area contributed by atoms with Gasteiger partial charge in [-0.3, -0.25) is 9.78 Å². The molecule has 0 radical (unpaired) electrons. The van der Waals surface area contributed by atoms with E-state index in [0.29, 0.717) is 16.6 Å². The Labute approximate surface area is 135 Å². The molecule has 0 fully saturated rings. The van der Waals surface area contributed by atoms with Crippen molar-refractivity contribution in [3.05, 3.63) is 65.9 Å². The third-order valence-corrected chi connectivity index (χ3v) is 3.43. The molecule has 1 amide bonds. The first-order valence-corrected chi connectivity index (χ1v) is 6.94. The van der Waals surface area contributed by atoms with Crippen molar-refractivity contribution in [3.8, 4) is 11.3 Å². The minimum absolute atomic E-state index is 0.187. The van der Waals surface area contributed by atoms with Gasteiger partial charge in [0.05, 0.1) is 11.9 Å². The number of aliphatic imine (C=N–C) groups is 1. The Kier molecular flexibility index (Phi) is 3.91. The summed E-state index contributed by atoms with van der Waals surface area (Å²) in [6.45, 7) is 0. The van der Waals surface area contributed by atoms with E-state index in [0.717, 1.165) is 6.20 Å². The number of pyridine rings is 1. The third kappa shape index (κ3) is 2.91. The van der Waals surface area contributed by atoms with Crippen LogP contribution in [0.3, 0.4) is 0 Å². The predicted molar refractivity (Wildman–Crippen MR) is 87.2 cm³/mol. The Morgan fingerprint density at radius 2 is 1.71 bits per heavy atom. The average molecular weight is 326 g/mol. The zero-order valence-corrected chi connectivity index (χ0v) is 12.3. The molecule has 4 N–H and O–H groups in total. The van der Waals surface area contributed by atoms with Crippen LogP contribution in [0.2, 0.25) is 0 Å². The lowest BCUT2D eigenvalue weighted by molar-refractivity contribution is 0.100. The van der Waals surface area contributed by atoms with Crippen molar-refractivity contribution in [1.29, 1.82) is 0 Å². The number of benzene rings is 2. The minimum atomic E-state index is -0.647. The molecule has 3 rings (SSSR count). The molecule has 24 heavy (non-hydrogen) atoms. The van der Waals surface area contributed by atoms with Gasteiger partial charge in [-0.05, 0) is 36.4 Å². The van der Waals surface area contributed by atoms with Crippen molar-refractivity contribution in [1.82, 2.24) is 4.98 Å². The van der Waals surface area contributed by atoms with Crippen LogP contribution in [0.4, 0.5) is 8.78 Å². The number of hydrogen-bond donors (Lipinski definition) is 2. The van der Waals surface area contributed by atoms with Gasteiger partial charge in [0.2, 0.25) is 0 Å². The Bertz CT molecular complexity index is 964. The summed E-state index contributed by atoms with van der Waals surface area (Å²) in [6.07, 6.45) is 1.08. The van der Waals surface area contributed by atoms with Gasteiger partial charge >= 0.3 is 0 Å². The highest BCUT2D eigenvalue weighted by atomic mass is 19.1. The number of guanidine groups is 1. The Hall–Kier alpha value is -3.35. The lowest BCUT2D eigenvalue weighted by atomic mass is 10.0. The van der Waals surface area contributed by atoms with E-state index in [9.17, 15) is 13.6 Å². The van der Waals surface area contributed by atoms with Crippen LogP contribution in [0, 0.1) is 11.6 Å². The van der Waals surface area contributed by atoms with E-state index >= 15 is 0 Å². The van der Waals surface area contributed by atoms with Crippen LogP contribution >= 0.6 is 0 Å². The normalized spacial score (nSPS) is 10.6. The SMILES string of the molecule is NC(N)=NC(=O)c1ccc2c(F)cnc(-c3ccc(F)cc3)c2c1. The van der Waals surface area contributed by atoms with Crippen molar-refractivity contribution >= 4 is 22.6 Å². The second-order valence-corrected chi connectivity index (χ2v) is 5.06. The van der Waals surface area contributed by atoms with Gasteiger partial charge in [-0.2, -0.15) is 4.99 Å². The summed E-state index contributed by atoms with van der Waals surface area (Å²) in [7, 11) is 0. The maximum atomic E-state index is 14.0. The van der Waals surface area contributed by atoms with Crippen molar-refractivity contribution in [3.63, 3.8) is 0 Å². The number of fused-ring (bicyclic) bond motifs is 1.